The van der Waals surface area contributed by atoms with Crippen LogP contribution in [0.15, 0.2) is 41.3 Å². The Hall–Kier alpha value is -2.66. The van der Waals surface area contributed by atoms with Crippen LogP contribution in [0.1, 0.15) is 74.3 Å². The second-order valence-electron chi connectivity index (χ2n) is 11.1. The van der Waals surface area contributed by atoms with Crippen LogP contribution in [0.3, 0.4) is 0 Å². The minimum atomic E-state index is -4.95. The number of piperidine rings is 1. The zero-order chi connectivity index (χ0) is 27.3. The number of aliphatic hydroxyl groups is 1. The van der Waals surface area contributed by atoms with Crippen LogP contribution in [0.4, 0.5) is 24.7 Å². The first-order chi connectivity index (χ1) is 17.8. The number of amides is 1. The standard InChI is InChI=1S/C27H32F3N3O4S/c1-25(35,27(28,29)30)22-10-9-21(23(32-22)33-15-13-26(11-12-26)14-16-33)24(34)31-18-5-4-8-20(17-18)38(36,37)19-6-2-3-7-19/h4-5,8-10,17,19,35H,2-3,6-7,11-16H2,1H3,(H,31,34). The lowest BCUT2D eigenvalue weighted by Gasteiger charge is -2.35. The molecular weight excluding hydrogens is 519 g/mol. The summed E-state index contributed by atoms with van der Waals surface area (Å²) in [5.74, 6) is -0.539. The van der Waals surface area contributed by atoms with Gasteiger partial charge in [-0.1, -0.05) is 18.9 Å². The summed E-state index contributed by atoms with van der Waals surface area (Å²) in [6.07, 6.45) is 1.98. The molecule has 1 saturated heterocycles. The zero-order valence-electron chi connectivity index (χ0n) is 21.2. The number of nitrogens with one attached hydrogen (secondary N) is 1. The van der Waals surface area contributed by atoms with E-state index >= 15 is 0 Å². The van der Waals surface area contributed by atoms with Gasteiger partial charge in [-0.25, -0.2) is 13.4 Å². The summed E-state index contributed by atoms with van der Waals surface area (Å²) in [6.45, 7) is 1.73. The molecule has 0 radical (unpaired) electrons. The lowest BCUT2D eigenvalue weighted by molar-refractivity contribution is -0.260. The molecule has 1 atom stereocenters. The fraction of sp³-hybridized carbons (Fsp3) is 0.556. The first-order valence-electron chi connectivity index (χ1n) is 13.0. The molecule has 2 N–H and O–H groups in total. The van der Waals surface area contributed by atoms with Crippen LogP contribution < -0.4 is 10.2 Å². The molecule has 2 aromatic rings. The minimum Gasteiger partial charge on any atom is -0.375 e. The predicted octanol–water partition coefficient (Wildman–Crippen LogP) is 5.20. The summed E-state index contributed by atoms with van der Waals surface area (Å²) < 4.78 is 66.7. The largest absolute Gasteiger partial charge is 0.422 e. The van der Waals surface area contributed by atoms with Crippen molar-refractivity contribution in [2.45, 2.75) is 80.2 Å². The van der Waals surface area contributed by atoms with Gasteiger partial charge >= 0.3 is 6.18 Å². The molecule has 1 unspecified atom stereocenters. The molecule has 0 bridgehead atoms. The van der Waals surface area contributed by atoms with Crippen molar-refractivity contribution >= 4 is 27.2 Å². The summed E-state index contributed by atoms with van der Waals surface area (Å²) in [5.41, 5.74) is -3.16. The average Bonchev–Trinajstić information content (AvgIpc) is 3.38. The van der Waals surface area contributed by atoms with Gasteiger partial charge in [0.1, 0.15) is 5.82 Å². The van der Waals surface area contributed by atoms with Gasteiger partial charge in [0.15, 0.2) is 15.4 Å². The SMILES string of the molecule is CC(O)(c1ccc(C(=O)Nc2cccc(S(=O)(=O)C3CCCC3)c2)c(N2CCC3(CC2)CC3)n1)C(F)(F)F. The molecule has 2 heterocycles. The van der Waals surface area contributed by atoms with Crippen molar-refractivity contribution in [1.82, 2.24) is 4.98 Å². The molecule has 1 spiro atoms. The molecule has 38 heavy (non-hydrogen) atoms. The molecule has 3 fully saturated rings. The van der Waals surface area contributed by atoms with Gasteiger partial charge < -0.3 is 15.3 Å². The Bertz CT molecular complexity index is 1320. The topological polar surface area (TPSA) is 99.6 Å². The van der Waals surface area contributed by atoms with Crippen LogP contribution in [0, 0.1) is 5.41 Å². The molecule has 3 aliphatic rings. The molecule has 1 aromatic heterocycles. The zero-order valence-corrected chi connectivity index (χ0v) is 22.0. The number of nitrogens with zero attached hydrogens (tertiary/aromatic N) is 2. The summed E-state index contributed by atoms with van der Waals surface area (Å²) >= 11 is 0. The van der Waals surface area contributed by atoms with E-state index in [0.717, 1.165) is 44.6 Å². The highest BCUT2D eigenvalue weighted by atomic mass is 32.2. The van der Waals surface area contributed by atoms with E-state index in [1.807, 2.05) is 0 Å². The second-order valence-corrected chi connectivity index (χ2v) is 13.3. The van der Waals surface area contributed by atoms with Gasteiger partial charge in [0.25, 0.3) is 5.91 Å². The van der Waals surface area contributed by atoms with Gasteiger partial charge in [-0.15, -0.1) is 0 Å². The quantitative estimate of drug-likeness (QED) is 0.512. The number of anilines is 2. The molecular formula is C27H32F3N3O4S. The van der Waals surface area contributed by atoms with Crippen molar-refractivity contribution in [3.05, 3.63) is 47.7 Å². The molecule has 1 aliphatic heterocycles. The Kier molecular flexibility index (Phi) is 6.74. The molecule has 11 heteroatoms. The van der Waals surface area contributed by atoms with Gasteiger partial charge in [0.2, 0.25) is 0 Å². The van der Waals surface area contributed by atoms with Gasteiger partial charge in [0, 0.05) is 18.8 Å². The van der Waals surface area contributed by atoms with Crippen LogP contribution in [-0.4, -0.2) is 48.9 Å². The van der Waals surface area contributed by atoms with Crippen molar-refractivity contribution in [1.29, 1.82) is 0 Å². The normalized spacial score (nSPS) is 21.3. The number of benzene rings is 1. The molecule has 1 amide bonds. The number of pyridine rings is 1. The van der Waals surface area contributed by atoms with Gasteiger partial charge in [-0.05, 0) is 81.2 Å². The lowest BCUT2D eigenvalue weighted by Crippen LogP contribution is -2.41. The van der Waals surface area contributed by atoms with Crippen molar-refractivity contribution in [2.24, 2.45) is 5.41 Å². The van der Waals surface area contributed by atoms with Crippen LogP contribution in [0.5, 0.6) is 0 Å². The number of carbonyl (C=O) groups excluding carboxylic acids is 1. The minimum absolute atomic E-state index is 0.0579. The summed E-state index contributed by atoms with van der Waals surface area (Å²) in [4.78, 5) is 19.5. The number of hydrogen-bond donors (Lipinski definition) is 2. The van der Waals surface area contributed by atoms with E-state index in [0.29, 0.717) is 38.3 Å². The van der Waals surface area contributed by atoms with Crippen LogP contribution >= 0.6 is 0 Å². The van der Waals surface area contributed by atoms with Crippen molar-refractivity contribution in [3.8, 4) is 0 Å². The average molecular weight is 552 g/mol. The number of halogens is 3. The monoisotopic (exact) mass is 551 g/mol. The lowest BCUT2D eigenvalue weighted by atomic mass is 9.93. The Morgan fingerprint density at radius 1 is 1.08 bits per heavy atom. The van der Waals surface area contributed by atoms with E-state index in [2.05, 4.69) is 10.3 Å². The second kappa shape index (κ2) is 9.51. The Labute approximate surface area is 220 Å². The maximum Gasteiger partial charge on any atom is 0.422 e. The molecule has 5 rings (SSSR count). The first kappa shape index (κ1) is 26.9. The van der Waals surface area contributed by atoms with E-state index in [-0.39, 0.29) is 22.0 Å². The Morgan fingerprint density at radius 2 is 1.74 bits per heavy atom. The third-order valence-corrected chi connectivity index (χ3v) is 10.7. The van der Waals surface area contributed by atoms with E-state index in [1.165, 1.54) is 18.2 Å². The smallest absolute Gasteiger partial charge is 0.375 e. The van der Waals surface area contributed by atoms with Gasteiger partial charge in [-0.3, -0.25) is 4.79 Å². The summed E-state index contributed by atoms with van der Waals surface area (Å²) in [5, 5.41) is 12.5. The highest BCUT2D eigenvalue weighted by Crippen LogP contribution is 2.54. The van der Waals surface area contributed by atoms with Crippen LogP contribution in [-0.2, 0) is 15.4 Å². The molecule has 1 aromatic carbocycles. The number of alkyl halides is 3. The first-order valence-corrected chi connectivity index (χ1v) is 14.6. The number of aromatic nitrogens is 1. The Balaban J connectivity index is 1.44. The van der Waals surface area contributed by atoms with Crippen LogP contribution in [0.25, 0.3) is 0 Å². The van der Waals surface area contributed by atoms with E-state index < -0.39 is 38.5 Å². The number of carbonyl (C=O) groups is 1. The maximum absolute atomic E-state index is 13.6. The van der Waals surface area contributed by atoms with E-state index in [4.69, 9.17) is 0 Å². The van der Waals surface area contributed by atoms with Crippen molar-refractivity contribution in [3.63, 3.8) is 0 Å². The third-order valence-electron chi connectivity index (χ3n) is 8.41. The van der Waals surface area contributed by atoms with Gasteiger partial charge in [-0.2, -0.15) is 13.2 Å². The number of rotatable bonds is 6. The van der Waals surface area contributed by atoms with E-state index in [9.17, 15) is 31.5 Å². The predicted molar refractivity (Wildman–Crippen MR) is 137 cm³/mol. The maximum atomic E-state index is 13.6. The van der Waals surface area contributed by atoms with Gasteiger partial charge in [0.05, 0.1) is 21.4 Å². The van der Waals surface area contributed by atoms with Crippen LogP contribution in [0.2, 0.25) is 0 Å². The van der Waals surface area contributed by atoms with Crippen molar-refractivity contribution < 1.29 is 31.5 Å². The molecule has 2 aliphatic carbocycles. The summed E-state index contributed by atoms with van der Waals surface area (Å²) in [7, 11) is -3.53. The highest BCUT2D eigenvalue weighted by Gasteiger charge is 2.53. The number of sulfone groups is 1. The third kappa shape index (κ3) is 5.02. The van der Waals surface area contributed by atoms with Crippen molar-refractivity contribution in [2.75, 3.05) is 23.3 Å². The summed E-state index contributed by atoms with van der Waals surface area (Å²) in [6, 6.07) is 8.30. The Morgan fingerprint density at radius 3 is 2.34 bits per heavy atom. The molecule has 2 saturated carbocycles. The highest BCUT2D eigenvalue weighted by molar-refractivity contribution is 7.92. The fourth-order valence-corrected chi connectivity index (χ4v) is 7.39. The molecule has 206 valence electrons. The number of hydrogen-bond acceptors (Lipinski definition) is 6. The fourth-order valence-electron chi connectivity index (χ4n) is 5.49. The van der Waals surface area contributed by atoms with E-state index in [1.54, 1.807) is 17.0 Å². The molecule has 7 nitrogen and oxygen atoms in total.